The Morgan fingerprint density at radius 1 is 1.35 bits per heavy atom. The fourth-order valence-electron chi connectivity index (χ4n) is 2.78. The standard InChI is InChI=1S/C18H19NO3S/c1-11-4-2-3-5-15(11)17(12-6-7-12)19-16(20)9-14-8-13(10-23-14)18(21)22/h2-5,8,10,12,17H,6-7,9H2,1H3,(H,19,20)(H,21,22). The van der Waals surface area contributed by atoms with Gasteiger partial charge in [0.2, 0.25) is 5.91 Å². The summed E-state index contributed by atoms with van der Waals surface area (Å²) >= 11 is 1.31. The highest BCUT2D eigenvalue weighted by molar-refractivity contribution is 7.10. The summed E-state index contributed by atoms with van der Waals surface area (Å²) in [6, 6.07) is 9.78. The second-order valence-corrected chi connectivity index (χ2v) is 7.02. The highest BCUT2D eigenvalue weighted by Crippen LogP contribution is 2.41. The van der Waals surface area contributed by atoms with Gasteiger partial charge in [0.15, 0.2) is 0 Å². The van der Waals surface area contributed by atoms with Crippen LogP contribution in [0.5, 0.6) is 0 Å². The molecule has 4 nitrogen and oxygen atoms in total. The zero-order chi connectivity index (χ0) is 16.4. The van der Waals surface area contributed by atoms with Gasteiger partial charge in [-0.25, -0.2) is 4.79 Å². The predicted octanol–water partition coefficient (Wildman–Crippen LogP) is 3.56. The van der Waals surface area contributed by atoms with Gasteiger partial charge in [0.05, 0.1) is 18.0 Å². The maximum atomic E-state index is 12.4. The van der Waals surface area contributed by atoms with Crippen molar-refractivity contribution in [3.63, 3.8) is 0 Å². The van der Waals surface area contributed by atoms with E-state index in [1.165, 1.54) is 22.5 Å². The molecule has 1 atom stereocenters. The molecular weight excluding hydrogens is 310 g/mol. The molecular formula is C18H19NO3S. The number of thiophene rings is 1. The first-order chi connectivity index (χ1) is 11.0. The summed E-state index contributed by atoms with van der Waals surface area (Å²) in [5.74, 6) is -0.495. The normalized spacial score (nSPS) is 15.2. The molecule has 3 rings (SSSR count). The van der Waals surface area contributed by atoms with Crippen molar-refractivity contribution in [3.8, 4) is 0 Å². The zero-order valence-electron chi connectivity index (χ0n) is 12.9. The van der Waals surface area contributed by atoms with Gasteiger partial charge in [-0.1, -0.05) is 24.3 Å². The number of amides is 1. The van der Waals surface area contributed by atoms with Crippen LogP contribution in [0.1, 0.15) is 45.2 Å². The number of aryl methyl sites for hydroxylation is 1. The average Bonchev–Trinajstić information content (AvgIpc) is 3.25. The highest BCUT2D eigenvalue weighted by atomic mass is 32.1. The van der Waals surface area contributed by atoms with Gasteiger partial charge in [-0.05, 0) is 42.9 Å². The minimum atomic E-state index is -0.955. The quantitative estimate of drug-likeness (QED) is 0.851. The molecule has 5 heteroatoms. The lowest BCUT2D eigenvalue weighted by atomic mass is 9.97. The lowest BCUT2D eigenvalue weighted by molar-refractivity contribution is -0.121. The first-order valence-corrected chi connectivity index (χ1v) is 8.58. The second kappa shape index (κ2) is 6.54. The van der Waals surface area contributed by atoms with Crippen LogP contribution < -0.4 is 5.32 Å². The summed E-state index contributed by atoms with van der Waals surface area (Å²) in [5.41, 5.74) is 2.62. The smallest absolute Gasteiger partial charge is 0.336 e. The summed E-state index contributed by atoms with van der Waals surface area (Å²) in [6.07, 6.45) is 2.51. The average molecular weight is 329 g/mol. The van der Waals surface area contributed by atoms with Crippen LogP contribution in [0.25, 0.3) is 0 Å². The number of rotatable bonds is 6. The van der Waals surface area contributed by atoms with E-state index in [0.29, 0.717) is 5.92 Å². The van der Waals surface area contributed by atoms with Crippen molar-refractivity contribution in [3.05, 3.63) is 57.3 Å². The van der Waals surface area contributed by atoms with Crippen molar-refractivity contribution in [2.75, 3.05) is 0 Å². The van der Waals surface area contributed by atoms with Gasteiger partial charge in [0.25, 0.3) is 0 Å². The Balaban J connectivity index is 1.69. The lowest BCUT2D eigenvalue weighted by Gasteiger charge is -2.20. The molecule has 0 spiro atoms. The number of hydrogen-bond donors (Lipinski definition) is 2. The molecule has 1 aromatic carbocycles. The van der Waals surface area contributed by atoms with E-state index in [2.05, 4.69) is 24.4 Å². The van der Waals surface area contributed by atoms with E-state index in [-0.39, 0.29) is 23.9 Å². The lowest BCUT2D eigenvalue weighted by Crippen LogP contribution is -2.31. The molecule has 1 heterocycles. The number of carbonyl (C=O) groups excluding carboxylic acids is 1. The van der Waals surface area contributed by atoms with E-state index in [1.54, 1.807) is 11.4 Å². The molecule has 1 unspecified atom stereocenters. The SMILES string of the molecule is Cc1ccccc1C(NC(=O)Cc1cc(C(=O)O)cs1)C1CC1. The Hall–Kier alpha value is -2.14. The zero-order valence-corrected chi connectivity index (χ0v) is 13.7. The Morgan fingerprint density at radius 3 is 2.70 bits per heavy atom. The molecule has 2 aromatic rings. The van der Waals surface area contributed by atoms with Gasteiger partial charge in [0, 0.05) is 10.3 Å². The van der Waals surface area contributed by atoms with Crippen molar-refractivity contribution in [2.45, 2.75) is 32.2 Å². The summed E-state index contributed by atoms with van der Waals surface area (Å²) in [6.45, 7) is 2.06. The van der Waals surface area contributed by atoms with E-state index in [0.717, 1.165) is 17.7 Å². The molecule has 23 heavy (non-hydrogen) atoms. The van der Waals surface area contributed by atoms with Crippen LogP contribution in [0.2, 0.25) is 0 Å². The molecule has 1 aromatic heterocycles. The molecule has 1 amide bonds. The predicted molar refractivity (Wildman–Crippen MR) is 89.8 cm³/mol. The van der Waals surface area contributed by atoms with Gasteiger partial charge in [-0.3, -0.25) is 4.79 Å². The van der Waals surface area contributed by atoms with Gasteiger partial charge < -0.3 is 10.4 Å². The van der Waals surface area contributed by atoms with Gasteiger partial charge in [-0.15, -0.1) is 11.3 Å². The molecule has 0 aliphatic heterocycles. The molecule has 0 radical (unpaired) electrons. The van der Waals surface area contributed by atoms with Crippen LogP contribution in [-0.4, -0.2) is 17.0 Å². The summed E-state index contributed by atoms with van der Waals surface area (Å²) < 4.78 is 0. The Kier molecular flexibility index (Phi) is 4.48. The van der Waals surface area contributed by atoms with Crippen LogP contribution in [0.3, 0.4) is 0 Å². The number of carbonyl (C=O) groups is 2. The van der Waals surface area contributed by atoms with Crippen molar-refractivity contribution in [1.29, 1.82) is 0 Å². The number of nitrogens with one attached hydrogen (secondary N) is 1. The minimum Gasteiger partial charge on any atom is -0.478 e. The molecule has 1 aliphatic carbocycles. The topological polar surface area (TPSA) is 66.4 Å². The van der Waals surface area contributed by atoms with Crippen LogP contribution >= 0.6 is 11.3 Å². The second-order valence-electron chi connectivity index (χ2n) is 6.02. The molecule has 0 bridgehead atoms. The first-order valence-electron chi connectivity index (χ1n) is 7.70. The molecule has 120 valence electrons. The van der Waals surface area contributed by atoms with Crippen LogP contribution in [0.15, 0.2) is 35.7 Å². The van der Waals surface area contributed by atoms with Gasteiger partial charge in [-0.2, -0.15) is 0 Å². The summed E-state index contributed by atoms with van der Waals surface area (Å²) in [4.78, 5) is 24.0. The van der Waals surface area contributed by atoms with Crippen molar-refractivity contribution in [1.82, 2.24) is 5.32 Å². The largest absolute Gasteiger partial charge is 0.478 e. The van der Waals surface area contributed by atoms with Crippen LogP contribution in [-0.2, 0) is 11.2 Å². The minimum absolute atomic E-state index is 0.0519. The number of carboxylic acids is 1. The monoisotopic (exact) mass is 329 g/mol. The third kappa shape index (κ3) is 3.79. The third-order valence-electron chi connectivity index (χ3n) is 4.17. The fourth-order valence-corrected chi connectivity index (χ4v) is 3.64. The maximum absolute atomic E-state index is 12.4. The van der Waals surface area contributed by atoms with Gasteiger partial charge in [0.1, 0.15) is 0 Å². The fraction of sp³-hybridized carbons (Fsp3) is 0.333. The van der Waals surface area contributed by atoms with E-state index in [1.807, 2.05) is 12.1 Å². The van der Waals surface area contributed by atoms with Crippen molar-refractivity contribution in [2.24, 2.45) is 5.92 Å². The van der Waals surface area contributed by atoms with E-state index in [4.69, 9.17) is 5.11 Å². The Labute approximate surface area is 139 Å². The first kappa shape index (κ1) is 15.7. The third-order valence-corrected chi connectivity index (χ3v) is 5.11. The van der Waals surface area contributed by atoms with Crippen LogP contribution in [0, 0.1) is 12.8 Å². The van der Waals surface area contributed by atoms with Gasteiger partial charge >= 0.3 is 5.97 Å². The molecule has 2 N–H and O–H groups in total. The number of aromatic carboxylic acids is 1. The number of hydrogen-bond acceptors (Lipinski definition) is 3. The molecule has 1 saturated carbocycles. The number of benzene rings is 1. The molecule has 1 aliphatic rings. The van der Waals surface area contributed by atoms with E-state index >= 15 is 0 Å². The van der Waals surface area contributed by atoms with Crippen LogP contribution in [0.4, 0.5) is 0 Å². The Bertz CT molecular complexity index is 733. The Morgan fingerprint density at radius 2 is 2.09 bits per heavy atom. The highest BCUT2D eigenvalue weighted by Gasteiger charge is 2.34. The molecule has 1 fully saturated rings. The summed E-state index contributed by atoms with van der Waals surface area (Å²) in [7, 11) is 0. The maximum Gasteiger partial charge on any atom is 0.336 e. The van der Waals surface area contributed by atoms with Crippen molar-refractivity contribution < 1.29 is 14.7 Å². The van der Waals surface area contributed by atoms with E-state index < -0.39 is 5.97 Å². The number of carboxylic acid groups (broad SMARTS) is 1. The summed E-state index contributed by atoms with van der Waals surface area (Å²) in [5, 5.41) is 13.7. The molecule has 0 saturated heterocycles. The van der Waals surface area contributed by atoms with Crippen molar-refractivity contribution >= 4 is 23.2 Å². The van der Waals surface area contributed by atoms with E-state index in [9.17, 15) is 9.59 Å².